The first-order valence-corrected chi connectivity index (χ1v) is 10.7. The number of carbonyl (C=O) groups excluding carboxylic acids is 1. The van der Waals surface area contributed by atoms with Crippen molar-refractivity contribution in [2.24, 2.45) is 0 Å². The van der Waals surface area contributed by atoms with Crippen molar-refractivity contribution in [3.8, 4) is 0 Å². The summed E-state index contributed by atoms with van der Waals surface area (Å²) in [4.78, 5) is 12.2. The number of benzene rings is 1. The molecule has 1 heterocycles. The predicted molar refractivity (Wildman–Crippen MR) is 119 cm³/mol. The first-order chi connectivity index (χ1) is 13.3. The second-order valence-corrected chi connectivity index (χ2v) is 10.1. The Hall–Kier alpha value is -1.53. The maximum atomic E-state index is 12.2. The largest absolute Gasteiger partial charge is 0.494 e. The molecule has 1 aromatic rings. The molecule has 1 fully saturated rings. The van der Waals surface area contributed by atoms with E-state index in [1.54, 1.807) is 0 Å². The van der Waals surface area contributed by atoms with Gasteiger partial charge in [-0.15, -0.1) is 0 Å². The molecule has 0 spiro atoms. The van der Waals surface area contributed by atoms with Gasteiger partial charge in [0.25, 0.3) is 0 Å². The molecule has 5 nitrogen and oxygen atoms in total. The van der Waals surface area contributed by atoms with Crippen LogP contribution in [0.25, 0.3) is 0 Å². The van der Waals surface area contributed by atoms with Gasteiger partial charge in [0.1, 0.15) is 5.60 Å². The third kappa shape index (κ3) is 5.34. The molecule has 0 unspecified atom stereocenters. The number of alkyl carbamates (subject to hydrolysis) is 1. The summed E-state index contributed by atoms with van der Waals surface area (Å²) in [6.45, 7) is 18.7. The van der Waals surface area contributed by atoms with Crippen molar-refractivity contribution in [3.05, 3.63) is 29.8 Å². The molecule has 0 radical (unpaired) electrons. The molecule has 0 atom stereocenters. The van der Waals surface area contributed by atoms with Gasteiger partial charge in [-0.1, -0.05) is 38.1 Å². The number of nitrogens with one attached hydrogen (secondary N) is 1. The molecule has 2 rings (SSSR count). The molecule has 29 heavy (non-hydrogen) atoms. The van der Waals surface area contributed by atoms with Crippen LogP contribution in [-0.4, -0.2) is 36.6 Å². The van der Waals surface area contributed by atoms with E-state index in [0.717, 1.165) is 18.3 Å². The van der Waals surface area contributed by atoms with E-state index in [9.17, 15) is 4.79 Å². The van der Waals surface area contributed by atoms with Crippen molar-refractivity contribution in [1.29, 1.82) is 0 Å². The van der Waals surface area contributed by atoms with E-state index in [2.05, 4.69) is 71.1 Å². The first kappa shape index (κ1) is 23.8. The highest BCUT2D eigenvalue weighted by atomic mass is 16.7. The molecule has 1 saturated heterocycles. The average Bonchev–Trinajstić information content (AvgIpc) is 2.83. The normalized spacial score (nSPS) is 18.6. The second-order valence-electron chi connectivity index (χ2n) is 10.1. The lowest BCUT2D eigenvalue weighted by Crippen LogP contribution is -2.42. The zero-order valence-electron chi connectivity index (χ0n) is 19.6. The fraction of sp³-hybridized carbons (Fsp3) is 0.696. The summed E-state index contributed by atoms with van der Waals surface area (Å²) >= 11 is 0. The highest BCUT2D eigenvalue weighted by Crippen LogP contribution is 2.37. The maximum absolute atomic E-state index is 12.2. The molecule has 1 aromatic carbocycles. The van der Waals surface area contributed by atoms with Crippen molar-refractivity contribution in [2.75, 3.05) is 6.54 Å². The highest BCUT2D eigenvalue weighted by molar-refractivity contribution is 6.62. The van der Waals surface area contributed by atoms with E-state index in [-0.39, 0.29) is 29.8 Å². The standard InChI is InChI=1S/C23H38BNO4/c1-10-23(11-2,16-25-19(26)27-20(3,4)5)17-12-14-18(15-13-17)24-28-21(6,7)22(8,9)29-24/h12-15H,10-11,16H2,1-9H3,(H,25,26). The smallest absolute Gasteiger partial charge is 0.444 e. The van der Waals surface area contributed by atoms with Gasteiger partial charge in [0.15, 0.2) is 0 Å². The summed E-state index contributed by atoms with van der Waals surface area (Å²) in [6, 6.07) is 8.41. The number of carbonyl (C=O) groups is 1. The number of ether oxygens (including phenoxy) is 1. The van der Waals surface area contributed by atoms with E-state index in [1.807, 2.05) is 20.8 Å². The Morgan fingerprint density at radius 1 is 1.00 bits per heavy atom. The van der Waals surface area contributed by atoms with Crippen molar-refractivity contribution < 1.29 is 18.8 Å². The van der Waals surface area contributed by atoms with Crippen molar-refractivity contribution in [1.82, 2.24) is 5.32 Å². The number of amides is 1. The van der Waals surface area contributed by atoms with Crippen LogP contribution in [0.15, 0.2) is 24.3 Å². The average molecular weight is 403 g/mol. The molecule has 0 bridgehead atoms. The molecule has 1 aliphatic rings. The van der Waals surface area contributed by atoms with Gasteiger partial charge >= 0.3 is 13.2 Å². The van der Waals surface area contributed by atoms with Crippen LogP contribution >= 0.6 is 0 Å². The van der Waals surface area contributed by atoms with Crippen LogP contribution in [-0.2, 0) is 19.5 Å². The molecule has 1 N–H and O–H groups in total. The van der Waals surface area contributed by atoms with Gasteiger partial charge in [-0.3, -0.25) is 0 Å². The summed E-state index contributed by atoms with van der Waals surface area (Å²) in [5.74, 6) is 0. The van der Waals surface area contributed by atoms with Gasteiger partial charge in [0.2, 0.25) is 0 Å². The minimum absolute atomic E-state index is 0.147. The lowest BCUT2D eigenvalue weighted by Gasteiger charge is -2.33. The number of rotatable bonds is 6. The molecular formula is C23H38BNO4. The molecular weight excluding hydrogens is 365 g/mol. The molecule has 0 aliphatic carbocycles. The first-order valence-electron chi connectivity index (χ1n) is 10.7. The summed E-state index contributed by atoms with van der Waals surface area (Å²) in [5.41, 5.74) is 0.836. The Bertz CT molecular complexity index is 687. The predicted octanol–water partition coefficient (Wildman–Crippen LogP) is 4.57. The Morgan fingerprint density at radius 2 is 1.48 bits per heavy atom. The topological polar surface area (TPSA) is 56.8 Å². The Kier molecular flexibility index (Phi) is 6.80. The van der Waals surface area contributed by atoms with E-state index < -0.39 is 5.60 Å². The Morgan fingerprint density at radius 3 is 1.90 bits per heavy atom. The molecule has 6 heteroatoms. The van der Waals surface area contributed by atoms with Gasteiger partial charge in [0.05, 0.1) is 11.2 Å². The summed E-state index contributed by atoms with van der Waals surface area (Å²) in [5, 5.41) is 2.96. The molecule has 0 aromatic heterocycles. The monoisotopic (exact) mass is 403 g/mol. The van der Waals surface area contributed by atoms with Crippen LogP contribution in [0.1, 0.15) is 80.7 Å². The van der Waals surface area contributed by atoms with Gasteiger partial charge in [-0.2, -0.15) is 0 Å². The Balaban J connectivity index is 2.15. The SMILES string of the molecule is CCC(CC)(CNC(=O)OC(C)(C)C)c1ccc(B2OC(C)(C)C(C)(C)O2)cc1. The fourth-order valence-corrected chi connectivity index (χ4v) is 3.54. The molecule has 1 amide bonds. The van der Waals surface area contributed by atoms with E-state index in [1.165, 1.54) is 5.56 Å². The van der Waals surface area contributed by atoms with Crippen molar-refractivity contribution in [2.45, 2.75) is 97.4 Å². The van der Waals surface area contributed by atoms with Crippen molar-refractivity contribution in [3.63, 3.8) is 0 Å². The summed E-state index contributed by atoms with van der Waals surface area (Å²) in [7, 11) is -0.369. The van der Waals surface area contributed by atoms with Crippen molar-refractivity contribution >= 4 is 18.7 Å². The molecule has 162 valence electrons. The zero-order chi connectivity index (χ0) is 22.1. The zero-order valence-corrected chi connectivity index (χ0v) is 19.6. The lowest BCUT2D eigenvalue weighted by molar-refractivity contribution is 0.00578. The van der Waals surface area contributed by atoms with Gasteiger partial charge < -0.3 is 19.4 Å². The van der Waals surface area contributed by atoms with Gasteiger partial charge in [-0.25, -0.2) is 4.79 Å². The highest BCUT2D eigenvalue weighted by Gasteiger charge is 2.51. The van der Waals surface area contributed by atoms with E-state index in [4.69, 9.17) is 14.0 Å². The van der Waals surface area contributed by atoms with Crippen LogP contribution in [0.2, 0.25) is 0 Å². The third-order valence-corrected chi connectivity index (χ3v) is 6.37. The van der Waals surface area contributed by atoms with Gasteiger partial charge in [-0.05, 0) is 72.3 Å². The van der Waals surface area contributed by atoms with E-state index in [0.29, 0.717) is 6.54 Å². The lowest BCUT2D eigenvalue weighted by atomic mass is 9.73. The molecule has 1 aliphatic heterocycles. The summed E-state index contributed by atoms with van der Waals surface area (Å²) < 4.78 is 17.7. The van der Waals surface area contributed by atoms with Gasteiger partial charge in [0, 0.05) is 12.0 Å². The number of hydrogen-bond acceptors (Lipinski definition) is 4. The maximum Gasteiger partial charge on any atom is 0.494 e. The summed E-state index contributed by atoms with van der Waals surface area (Å²) in [6.07, 6.45) is 1.45. The van der Waals surface area contributed by atoms with E-state index >= 15 is 0 Å². The van der Waals surface area contributed by atoms with Crippen LogP contribution in [0.4, 0.5) is 4.79 Å². The van der Waals surface area contributed by atoms with Crippen LogP contribution in [0, 0.1) is 0 Å². The number of hydrogen-bond donors (Lipinski definition) is 1. The quantitative estimate of drug-likeness (QED) is 0.707. The van der Waals surface area contributed by atoms with Crippen LogP contribution in [0.3, 0.4) is 0 Å². The Labute approximate surface area is 177 Å². The third-order valence-electron chi connectivity index (χ3n) is 6.37. The van der Waals surface area contributed by atoms with Crippen LogP contribution in [0.5, 0.6) is 0 Å². The minimum atomic E-state index is -0.504. The molecule has 0 saturated carbocycles. The fourth-order valence-electron chi connectivity index (χ4n) is 3.54. The second kappa shape index (κ2) is 8.31. The van der Waals surface area contributed by atoms with Crippen LogP contribution < -0.4 is 10.8 Å². The minimum Gasteiger partial charge on any atom is -0.444 e.